The summed E-state index contributed by atoms with van der Waals surface area (Å²) in [6.07, 6.45) is 5.85. The molecule has 0 spiro atoms. The molecular weight excluding hydrogens is 280 g/mol. The second-order valence-electron chi connectivity index (χ2n) is 5.32. The Kier molecular flexibility index (Phi) is 4.70. The fourth-order valence-corrected chi connectivity index (χ4v) is 3.02. The summed E-state index contributed by atoms with van der Waals surface area (Å²) in [7, 11) is 1.74. The lowest BCUT2D eigenvalue weighted by atomic mass is 9.95. The summed E-state index contributed by atoms with van der Waals surface area (Å²) in [6.45, 7) is 0. The zero-order valence-electron chi connectivity index (χ0n) is 11.4. The number of hydrogen-bond acceptors (Lipinski definition) is 2. The summed E-state index contributed by atoms with van der Waals surface area (Å²) in [4.78, 5) is 23.6. The van der Waals surface area contributed by atoms with Crippen LogP contribution in [0.15, 0.2) is 12.3 Å². The lowest BCUT2D eigenvalue weighted by Gasteiger charge is -2.22. The monoisotopic (exact) mass is 298 g/mol. The third-order valence-corrected chi connectivity index (χ3v) is 4.06. The van der Waals surface area contributed by atoms with Crippen LogP contribution in [0.1, 0.15) is 42.6 Å². The van der Waals surface area contributed by atoms with Crippen LogP contribution >= 0.6 is 11.6 Å². The van der Waals surface area contributed by atoms with Crippen LogP contribution in [0.5, 0.6) is 0 Å². The van der Waals surface area contributed by atoms with Crippen LogP contribution in [0.3, 0.4) is 0 Å². The van der Waals surface area contributed by atoms with Gasteiger partial charge in [0.1, 0.15) is 5.69 Å². The second kappa shape index (κ2) is 6.31. The highest BCUT2D eigenvalue weighted by molar-refractivity contribution is 6.31. The van der Waals surface area contributed by atoms with Crippen molar-refractivity contribution in [2.45, 2.75) is 38.1 Å². The molecule has 2 rings (SSSR count). The molecule has 20 heavy (non-hydrogen) atoms. The Morgan fingerprint density at radius 2 is 2.05 bits per heavy atom. The average molecular weight is 299 g/mol. The van der Waals surface area contributed by atoms with E-state index in [1.807, 2.05) is 0 Å². The Labute approximate surface area is 122 Å². The van der Waals surface area contributed by atoms with Crippen LogP contribution < -0.4 is 5.32 Å². The molecule has 2 atom stereocenters. The van der Waals surface area contributed by atoms with Crippen molar-refractivity contribution in [3.8, 4) is 0 Å². The molecule has 0 saturated heterocycles. The molecule has 0 aliphatic heterocycles. The van der Waals surface area contributed by atoms with E-state index in [0.29, 0.717) is 23.6 Å². The lowest BCUT2D eigenvalue weighted by Crippen LogP contribution is -2.43. The van der Waals surface area contributed by atoms with Gasteiger partial charge in [-0.05, 0) is 18.9 Å². The number of carboxylic acid groups (broad SMARTS) is 1. The van der Waals surface area contributed by atoms with Crippen molar-refractivity contribution < 1.29 is 14.7 Å². The predicted molar refractivity (Wildman–Crippen MR) is 75.9 cm³/mol. The number of nitrogens with one attached hydrogen (secondary N) is 1. The molecule has 5 nitrogen and oxygen atoms in total. The first-order chi connectivity index (χ1) is 9.49. The molecule has 0 radical (unpaired) electrons. The second-order valence-corrected chi connectivity index (χ2v) is 5.75. The molecule has 1 aromatic rings. The van der Waals surface area contributed by atoms with Gasteiger partial charge in [-0.2, -0.15) is 0 Å². The minimum Gasteiger partial charge on any atom is -0.481 e. The van der Waals surface area contributed by atoms with E-state index < -0.39 is 11.9 Å². The largest absolute Gasteiger partial charge is 0.481 e. The van der Waals surface area contributed by atoms with Gasteiger partial charge >= 0.3 is 5.97 Å². The Bertz CT molecular complexity index is 513. The molecule has 0 bridgehead atoms. The number of aliphatic carboxylic acids is 1. The molecular formula is C14H19ClN2O3. The number of aromatic nitrogens is 1. The summed E-state index contributed by atoms with van der Waals surface area (Å²) in [5.74, 6) is -1.60. The normalized spacial score (nSPS) is 23.1. The van der Waals surface area contributed by atoms with Crippen LogP contribution in [-0.4, -0.2) is 27.6 Å². The number of carboxylic acids is 1. The quantitative estimate of drug-likeness (QED) is 0.842. The Hall–Kier alpha value is -1.49. The fourth-order valence-electron chi connectivity index (χ4n) is 2.77. The van der Waals surface area contributed by atoms with E-state index in [4.69, 9.17) is 11.6 Å². The van der Waals surface area contributed by atoms with Crippen molar-refractivity contribution in [3.63, 3.8) is 0 Å². The van der Waals surface area contributed by atoms with Crippen LogP contribution in [0.25, 0.3) is 0 Å². The van der Waals surface area contributed by atoms with Gasteiger partial charge in [0.15, 0.2) is 0 Å². The molecule has 110 valence electrons. The Morgan fingerprint density at radius 3 is 2.65 bits per heavy atom. The van der Waals surface area contributed by atoms with Crippen LogP contribution in [0.2, 0.25) is 5.02 Å². The van der Waals surface area contributed by atoms with E-state index in [1.165, 1.54) is 0 Å². The van der Waals surface area contributed by atoms with Crippen molar-refractivity contribution in [2.24, 2.45) is 13.0 Å². The molecule has 1 heterocycles. The first-order valence-electron chi connectivity index (χ1n) is 6.84. The molecule has 1 amide bonds. The standard InChI is InChI=1S/C14H19ClN2O3/c1-17-8-9(15)7-12(17)13(18)16-11-6-4-2-3-5-10(11)14(19)20/h7-8,10-11H,2-6H2,1H3,(H,16,18)(H,19,20). The SMILES string of the molecule is Cn1cc(Cl)cc1C(=O)NC1CCCCCC1C(=O)O. The minimum atomic E-state index is -0.831. The number of rotatable bonds is 3. The van der Waals surface area contributed by atoms with Crippen molar-refractivity contribution in [1.82, 2.24) is 9.88 Å². The van der Waals surface area contributed by atoms with E-state index in [9.17, 15) is 14.7 Å². The summed E-state index contributed by atoms with van der Waals surface area (Å²) < 4.78 is 1.64. The van der Waals surface area contributed by atoms with Gasteiger partial charge in [0.2, 0.25) is 0 Å². The molecule has 1 fully saturated rings. The van der Waals surface area contributed by atoms with Gasteiger partial charge in [0.25, 0.3) is 5.91 Å². The Balaban J connectivity index is 2.11. The molecule has 1 aromatic heterocycles. The smallest absolute Gasteiger partial charge is 0.308 e. The van der Waals surface area contributed by atoms with Gasteiger partial charge in [-0.3, -0.25) is 9.59 Å². The molecule has 1 aliphatic carbocycles. The third kappa shape index (κ3) is 3.33. The first kappa shape index (κ1) is 14.9. The van der Waals surface area contributed by atoms with Crippen molar-refractivity contribution in [2.75, 3.05) is 0 Å². The molecule has 1 aliphatic rings. The highest BCUT2D eigenvalue weighted by atomic mass is 35.5. The van der Waals surface area contributed by atoms with Crippen LogP contribution in [0, 0.1) is 5.92 Å². The minimum absolute atomic E-state index is 0.266. The average Bonchev–Trinajstić information content (AvgIpc) is 2.60. The van der Waals surface area contributed by atoms with E-state index in [-0.39, 0.29) is 11.9 Å². The maximum absolute atomic E-state index is 12.2. The van der Waals surface area contributed by atoms with E-state index in [1.54, 1.807) is 23.9 Å². The van der Waals surface area contributed by atoms with Gasteiger partial charge in [-0.1, -0.05) is 30.9 Å². The maximum atomic E-state index is 12.2. The van der Waals surface area contributed by atoms with Crippen LogP contribution in [0.4, 0.5) is 0 Å². The summed E-state index contributed by atoms with van der Waals surface area (Å²) >= 11 is 5.86. The topological polar surface area (TPSA) is 71.3 Å². The third-order valence-electron chi connectivity index (χ3n) is 3.85. The summed E-state index contributed by atoms with van der Waals surface area (Å²) in [5, 5.41) is 12.7. The van der Waals surface area contributed by atoms with Crippen molar-refractivity contribution in [3.05, 3.63) is 23.0 Å². The van der Waals surface area contributed by atoms with E-state index in [0.717, 1.165) is 19.3 Å². The molecule has 6 heteroatoms. The van der Waals surface area contributed by atoms with E-state index >= 15 is 0 Å². The molecule has 2 N–H and O–H groups in total. The van der Waals surface area contributed by atoms with Crippen molar-refractivity contribution >= 4 is 23.5 Å². The van der Waals surface area contributed by atoms with Gasteiger partial charge in [-0.15, -0.1) is 0 Å². The highest BCUT2D eigenvalue weighted by Crippen LogP contribution is 2.24. The number of nitrogens with zero attached hydrogens (tertiary/aromatic N) is 1. The lowest BCUT2D eigenvalue weighted by molar-refractivity contribution is -0.142. The number of hydrogen-bond donors (Lipinski definition) is 2. The number of carbonyl (C=O) groups excluding carboxylic acids is 1. The number of amides is 1. The van der Waals surface area contributed by atoms with Gasteiger partial charge in [0, 0.05) is 19.3 Å². The van der Waals surface area contributed by atoms with Gasteiger partial charge < -0.3 is 15.0 Å². The summed E-state index contributed by atoms with van der Waals surface area (Å²) in [6, 6.07) is 1.28. The van der Waals surface area contributed by atoms with Crippen molar-refractivity contribution in [1.29, 1.82) is 0 Å². The zero-order chi connectivity index (χ0) is 14.7. The number of aryl methyl sites for hydroxylation is 1. The molecule has 2 unspecified atom stereocenters. The van der Waals surface area contributed by atoms with Gasteiger partial charge in [-0.25, -0.2) is 0 Å². The summed E-state index contributed by atoms with van der Waals surface area (Å²) in [5.41, 5.74) is 0.448. The fraction of sp³-hybridized carbons (Fsp3) is 0.571. The van der Waals surface area contributed by atoms with E-state index in [2.05, 4.69) is 5.32 Å². The van der Waals surface area contributed by atoms with Gasteiger partial charge in [0.05, 0.1) is 10.9 Å². The zero-order valence-corrected chi connectivity index (χ0v) is 12.2. The molecule has 0 aromatic carbocycles. The Morgan fingerprint density at radius 1 is 1.35 bits per heavy atom. The number of carbonyl (C=O) groups is 2. The molecule has 1 saturated carbocycles. The first-order valence-corrected chi connectivity index (χ1v) is 7.22. The van der Waals surface area contributed by atoms with Crippen LogP contribution in [-0.2, 0) is 11.8 Å². The highest BCUT2D eigenvalue weighted by Gasteiger charge is 2.31. The predicted octanol–water partition coefficient (Wildman–Crippen LogP) is 2.44. The number of halogens is 1. The maximum Gasteiger partial charge on any atom is 0.308 e.